The zero-order valence-electron chi connectivity index (χ0n) is 16.0. The molecule has 0 aliphatic heterocycles. The molecule has 0 spiro atoms. The van der Waals surface area contributed by atoms with Gasteiger partial charge in [0.1, 0.15) is 5.82 Å². The van der Waals surface area contributed by atoms with Gasteiger partial charge in [-0.2, -0.15) is 0 Å². The Morgan fingerprint density at radius 2 is 2.00 bits per heavy atom. The predicted molar refractivity (Wildman–Crippen MR) is 111 cm³/mol. The largest absolute Gasteiger partial charge is 0.330 e. The molecular formula is C23H25N3O. The third-order valence-corrected chi connectivity index (χ3v) is 4.28. The molecule has 1 N–H and O–H groups in total. The van der Waals surface area contributed by atoms with Crippen LogP contribution in [0.2, 0.25) is 0 Å². The lowest BCUT2D eigenvalue weighted by molar-refractivity contribution is -0.111. The summed E-state index contributed by atoms with van der Waals surface area (Å²) >= 11 is 0. The number of amides is 1. The van der Waals surface area contributed by atoms with Gasteiger partial charge in [0.2, 0.25) is 5.91 Å². The van der Waals surface area contributed by atoms with Crippen molar-refractivity contribution in [2.45, 2.75) is 33.2 Å². The molecule has 138 valence electrons. The summed E-state index contributed by atoms with van der Waals surface area (Å²) in [5.41, 5.74) is 4.10. The molecule has 3 rings (SSSR count). The average molecular weight is 359 g/mol. The lowest BCUT2D eigenvalue weighted by Gasteiger charge is -2.11. The number of benzene rings is 2. The van der Waals surface area contributed by atoms with E-state index in [-0.39, 0.29) is 5.91 Å². The van der Waals surface area contributed by atoms with E-state index in [1.807, 2.05) is 67.9 Å². The third kappa shape index (κ3) is 5.17. The fourth-order valence-corrected chi connectivity index (χ4v) is 3.03. The number of hydrogen-bond acceptors (Lipinski definition) is 2. The molecule has 0 aliphatic carbocycles. The molecule has 0 saturated heterocycles. The molecule has 2 aromatic carbocycles. The van der Waals surface area contributed by atoms with E-state index in [0.717, 1.165) is 29.2 Å². The van der Waals surface area contributed by atoms with Crippen molar-refractivity contribution in [2.24, 2.45) is 0 Å². The molecule has 1 aromatic heterocycles. The van der Waals surface area contributed by atoms with Crippen LogP contribution < -0.4 is 5.32 Å². The van der Waals surface area contributed by atoms with Crippen molar-refractivity contribution in [3.8, 4) is 0 Å². The number of carbonyl (C=O) groups excluding carboxylic acids is 1. The highest BCUT2D eigenvalue weighted by atomic mass is 16.1. The Balaban J connectivity index is 1.66. The topological polar surface area (TPSA) is 46.9 Å². The molecule has 1 amide bonds. The van der Waals surface area contributed by atoms with Crippen LogP contribution in [0.4, 0.5) is 5.69 Å². The normalized spacial score (nSPS) is 11.3. The Bertz CT molecular complexity index is 954. The molecule has 1 heterocycles. The molecule has 27 heavy (non-hydrogen) atoms. The van der Waals surface area contributed by atoms with Gasteiger partial charge in [0, 0.05) is 36.6 Å². The summed E-state index contributed by atoms with van der Waals surface area (Å²) in [5.74, 6) is 1.29. The van der Waals surface area contributed by atoms with Crippen molar-refractivity contribution in [3.63, 3.8) is 0 Å². The van der Waals surface area contributed by atoms with E-state index < -0.39 is 0 Å². The minimum absolute atomic E-state index is 0.140. The highest BCUT2D eigenvalue weighted by molar-refractivity contribution is 6.01. The SMILES string of the molecule is Cc1cccc(/C=C/C(=O)Nc2cccc(Cn3ccnc3C(C)C)c2)c1. The lowest BCUT2D eigenvalue weighted by atomic mass is 10.1. The van der Waals surface area contributed by atoms with Crippen LogP contribution in [0.3, 0.4) is 0 Å². The summed E-state index contributed by atoms with van der Waals surface area (Å²) < 4.78 is 2.14. The number of aryl methyl sites for hydroxylation is 1. The lowest BCUT2D eigenvalue weighted by Crippen LogP contribution is -2.09. The molecule has 0 radical (unpaired) electrons. The second-order valence-electron chi connectivity index (χ2n) is 7.01. The number of nitrogens with one attached hydrogen (secondary N) is 1. The number of rotatable bonds is 6. The number of hydrogen-bond donors (Lipinski definition) is 1. The monoisotopic (exact) mass is 359 g/mol. The van der Waals surface area contributed by atoms with Crippen LogP contribution in [-0.4, -0.2) is 15.5 Å². The summed E-state index contributed by atoms with van der Waals surface area (Å²) in [4.78, 5) is 16.7. The van der Waals surface area contributed by atoms with E-state index in [9.17, 15) is 4.79 Å². The summed E-state index contributed by atoms with van der Waals surface area (Å²) in [7, 11) is 0. The molecule has 0 bridgehead atoms. The molecule has 0 fully saturated rings. The molecule has 0 unspecified atom stereocenters. The van der Waals surface area contributed by atoms with E-state index in [4.69, 9.17) is 0 Å². The molecule has 3 aromatic rings. The summed E-state index contributed by atoms with van der Waals surface area (Å²) in [6.45, 7) is 7.04. The van der Waals surface area contributed by atoms with E-state index in [1.165, 1.54) is 5.56 Å². The fraction of sp³-hybridized carbons (Fsp3) is 0.217. The average Bonchev–Trinajstić information content (AvgIpc) is 3.09. The molecule has 0 atom stereocenters. The van der Waals surface area contributed by atoms with Gasteiger partial charge in [-0.15, -0.1) is 0 Å². The highest BCUT2D eigenvalue weighted by Crippen LogP contribution is 2.16. The first kappa shape index (κ1) is 18.6. The number of anilines is 1. The maximum Gasteiger partial charge on any atom is 0.248 e. The van der Waals surface area contributed by atoms with Gasteiger partial charge in [-0.05, 0) is 36.3 Å². The van der Waals surface area contributed by atoms with Crippen LogP contribution in [0, 0.1) is 6.92 Å². The Labute approximate surface area is 160 Å². The van der Waals surface area contributed by atoms with Gasteiger partial charge in [-0.1, -0.05) is 55.8 Å². The van der Waals surface area contributed by atoms with Crippen LogP contribution in [0.25, 0.3) is 6.08 Å². The number of nitrogens with zero attached hydrogens (tertiary/aromatic N) is 2. The highest BCUT2D eigenvalue weighted by Gasteiger charge is 2.08. The van der Waals surface area contributed by atoms with Crippen LogP contribution >= 0.6 is 0 Å². The smallest absolute Gasteiger partial charge is 0.248 e. The summed E-state index contributed by atoms with van der Waals surface area (Å²) in [6, 6.07) is 16.0. The first-order chi connectivity index (χ1) is 13.0. The van der Waals surface area contributed by atoms with Gasteiger partial charge in [0.05, 0.1) is 0 Å². The Morgan fingerprint density at radius 1 is 1.19 bits per heavy atom. The summed E-state index contributed by atoms with van der Waals surface area (Å²) in [6.07, 6.45) is 7.21. The van der Waals surface area contributed by atoms with E-state index in [0.29, 0.717) is 5.92 Å². The van der Waals surface area contributed by atoms with Crippen molar-refractivity contribution in [1.29, 1.82) is 0 Å². The Kier molecular flexibility index (Phi) is 5.87. The predicted octanol–water partition coefficient (Wildman–Crippen LogP) is 5.02. The van der Waals surface area contributed by atoms with Crippen LogP contribution in [0.15, 0.2) is 67.0 Å². The third-order valence-electron chi connectivity index (χ3n) is 4.28. The van der Waals surface area contributed by atoms with Crippen molar-refractivity contribution in [1.82, 2.24) is 9.55 Å². The maximum absolute atomic E-state index is 12.2. The Morgan fingerprint density at radius 3 is 2.78 bits per heavy atom. The molecule has 4 heteroatoms. The van der Waals surface area contributed by atoms with E-state index in [2.05, 4.69) is 34.8 Å². The molecule has 0 saturated carbocycles. The van der Waals surface area contributed by atoms with Gasteiger partial charge >= 0.3 is 0 Å². The van der Waals surface area contributed by atoms with Crippen LogP contribution in [0.1, 0.15) is 42.3 Å². The van der Waals surface area contributed by atoms with Gasteiger partial charge in [-0.3, -0.25) is 4.79 Å². The van der Waals surface area contributed by atoms with Gasteiger partial charge in [0.25, 0.3) is 0 Å². The van der Waals surface area contributed by atoms with Gasteiger partial charge in [-0.25, -0.2) is 4.98 Å². The quantitative estimate of drug-likeness (QED) is 0.629. The van der Waals surface area contributed by atoms with E-state index >= 15 is 0 Å². The standard InChI is InChI=1S/C23H25N3O/c1-17(2)23-24-12-13-26(23)16-20-8-5-9-21(15-20)25-22(27)11-10-19-7-4-6-18(3)14-19/h4-15,17H,16H2,1-3H3,(H,25,27)/b11-10+. The fourth-order valence-electron chi connectivity index (χ4n) is 3.03. The van der Waals surface area contributed by atoms with Gasteiger partial charge in [0.15, 0.2) is 0 Å². The van der Waals surface area contributed by atoms with Gasteiger partial charge < -0.3 is 9.88 Å². The molecule has 4 nitrogen and oxygen atoms in total. The second kappa shape index (κ2) is 8.49. The van der Waals surface area contributed by atoms with Crippen LogP contribution in [-0.2, 0) is 11.3 Å². The maximum atomic E-state index is 12.2. The molecule has 0 aliphatic rings. The van der Waals surface area contributed by atoms with Crippen molar-refractivity contribution in [2.75, 3.05) is 5.32 Å². The number of aromatic nitrogens is 2. The van der Waals surface area contributed by atoms with Crippen molar-refractivity contribution in [3.05, 3.63) is 89.5 Å². The Hall–Kier alpha value is -3.14. The zero-order valence-corrected chi connectivity index (χ0v) is 16.0. The van der Waals surface area contributed by atoms with Crippen molar-refractivity contribution >= 4 is 17.7 Å². The van der Waals surface area contributed by atoms with Crippen LogP contribution in [0.5, 0.6) is 0 Å². The number of imidazole rings is 1. The minimum atomic E-state index is -0.140. The minimum Gasteiger partial charge on any atom is -0.330 e. The number of carbonyl (C=O) groups is 1. The second-order valence-corrected chi connectivity index (χ2v) is 7.01. The molecular weight excluding hydrogens is 334 g/mol. The summed E-state index contributed by atoms with van der Waals surface area (Å²) in [5, 5.41) is 2.93. The first-order valence-corrected chi connectivity index (χ1v) is 9.17. The van der Waals surface area contributed by atoms with Crippen molar-refractivity contribution < 1.29 is 4.79 Å². The zero-order chi connectivity index (χ0) is 19.2. The first-order valence-electron chi connectivity index (χ1n) is 9.17. The van der Waals surface area contributed by atoms with E-state index in [1.54, 1.807) is 6.08 Å².